The molecule has 1 fully saturated rings. The monoisotopic (exact) mass is 176 g/mol. The first kappa shape index (κ1) is 8.70. The Hall–Kier alpha value is -0.890. The molecule has 2 atom stereocenters. The molecule has 1 N–H and O–H groups in total. The average Bonchev–Trinajstić information content (AvgIpc) is 2.81. The van der Waals surface area contributed by atoms with Gasteiger partial charge >= 0.3 is 0 Å². The molecule has 1 aromatic heterocycles. The Labute approximate surface area is 79.4 Å². The lowest BCUT2D eigenvalue weighted by Crippen LogP contribution is -2.18. The molecule has 2 heteroatoms. The summed E-state index contributed by atoms with van der Waals surface area (Å²) in [5.41, 5.74) is 2.46. The molecule has 1 saturated carbocycles. The molecule has 1 aliphatic carbocycles. The van der Waals surface area contributed by atoms with Crippen molar-refractivity contribution in [1.29, 1.82) is 0 Å². The van der Waals surface area contributed by atoms with E-state index in [0.717, 1.165) is 18.5 Å². The van der Waals surface area contributed by atoms with Crippen LogP contribution in [0.1, 0.15) is 24.6 Å². The molecule has 0 spiro atoms. The van der Waals surface area contributed by atoms with E-state index in [1.807, 2.05) is 12.3 Å². The first-order valence-corrected chi connectivity index (χ1v) is 4.91. The molecule has 1 aliphatic rings. The molecule has 0 saturated heterocycles. The van der Waals surface area contributed by atoms with Crippen molar-refractivity contribution in [1.82, 2.24) is 10.3 Å². The normalized spacial score (nSPS) is 26.0. The fourth-order valence-electron chi connectivity index (χ4n) is 1.54. The summed E-state index contributed by atoms with van der Waals surface area (Å²) in [6, 6.07) is 4.83. The van der Waals surface area contributed by atoms with Crippen LogP contribution in [0.3, 0.4) is 0 Å². The van der Waals surface area contributed by atoms with Gasteiger partial charge in [-0.15, -0.1) is 0 Å². The van der Waals surface area contributed by atoms with Gasteiger partial charge in [-0.2, -0.15) is 0 Å². The van der Waals surface area contributed by atoms with Gasteiger partial charge in [-0.1, -0.05) is 13.0 Å². The quantitative estimate of drug-likeness (QED) is 0.760. The summed E-state index contributed by atoms with van der Waals surface area (Å²) in [5, 5.41) is 3.50. The van der Waals surface area contributed by atoms with Crippen LogP contribution >= 0.6 is 0 Å². The van der Waals surface area contributed by atoms with E-state index in [4.69, 9.17) is 0 Å². The minimum absolute atomic E-state index is 0.737. The van der Waals surface area contributed by atoms with Gasteiger partial charge in [0, 0.05) is 18.8 Å². The number of pyridine rings is 1. The standard InChI is InChI=1S/C11H16N2/c1-8-4-3-5-12-11(8)7-13-10-6-9(10)2/h3-5,9-10,13H,6-7H2,1-2H3. The number of aromatic nitrogens is 1. The van der Waals surface area contributed by atoms with E-state index < -0.39 is 0 Å². The van der Waals surface area contributed by atoms with Crippen molar-refractivity contribution >= 4 is 0 Å². The Kier molecular flexibility index (Phi) is 2.32. The van der Waals surface area contributed by atoms with Crippen molar-refractivity contribution in [3.05, 3.63) is 29.6 Å². The van der Waals surface area contributed by atoms with Crippen LogP contribution in [0.15, 0.2) is 18.3 Å². The topological polar surface area (TPSA) is 24.9 Å². The van der Waals surface area contributed by atoms with Gasteiger partial charge in [0.2, 0.25) is 0 Å². The molecule has 0 aromatic carbocycles. The summed E-state index contributed by atoms with van der Waals surface area (Å²) in [4.78, 5) is 4.34. The SMILES string of the molecule is Cc1cccnc1CNC1CC1C. The lowest BCUT2D eigenvalue weighted by molar-refractivity contribution is 0.640. The highest BCUT2D eigenvalue weighted by Crippen LogP contribution is 2.29. The minimum atomic E-state index is 0.737. The number of nitrogens with one attached hydrogen (secondary N) is 1. The van der Waals surface area contributed by atoms with Crippen molar-refractivity contribution in [3.63, 3.8) is 0 Å². The first-order valence-electron chi connectivity index (χ1n) is 4.91. The van der Waals surface area contributed by atoms with Crippen molar-refractivity contribution < 1.29 is 0 Å². The lowest BCUT2D eigenvalue weighted by Gasteiger charge is -2.05. The summed E-state index contributed by atoms with van der Waals surface area (Å²) < 4.78 is 0. The highest BCUT2D eigenvalue weighted by molar-refractivity contribution is 5.17. The molecule has 0 amide bonds. The van der Waals surface area contributed by atoms with Crippen LogP contribution in [0, 0.1) is 12.8 Å². The molecule has 1 heterocycles. The van der Waals surface area contributed by atoms with Crippen molar-refractivity contribution in [2.24, 2.45) is 5.92 Å². The van der Waals surface area contributed by atoms with Gasteiger partial charge < -0.3 is 5.32 Å². The second-order valence-electron chi connectivity index (χ2n) is 3.97. The highest BCUT2D eigenvalue weighted by Gasteiger charge is 2.31. The summed E-state index contributed by atoms with van der Waals surface area (Å²) in [6.45, 7) is 5.31. The van der Waals surface area contributed by atoms with Gasteiger partial charge in [0.05, 0.1) is 5.69 Å². The van der Waals surface area contributed by atoms with E-state index in [1.165, 1.54) is 17.7 Å². The highest BCUT2D eigenvalue weighted by atomic mass is 15.0. The molecule has 0 bridgehead atoms. The van der Waals surface area contributed by atoms with Crippen LogP contribution in [0.2, 0.25) is 0 Å². The Bertz CT molecular complexity index is 296. The van der Waals surface area contributed by atoms with E-state index in [0.29, 0.717) is 0 Å². The van der Waals surface area contributed by atoms with Crippen LogP contribution in [-0.4, -0.2) is 11.0 Å². The first-order chi connectivity index (χ1) is 6.27. The maximum atomic E-state index is 4.34. The molecule has 0 radical (unpaired) electrons. The second kappa shape index (κ2) is 3.46. The van der Waals surface area contributed by atoms with Gasteiger partial charge in [0.15, 0.2) is 0 Å². The predicted octanol–water partition coefficient (Wildman–Crippen LogP) is 1.89. The largest absolute Gasteiger partial charge is 0.308 e. The molecular formula is C11H16N2. The van der Waals surface area contributed by atoms with E-state index >= 15 is 0 Å². The Morgan fingerprint density at radius 3 is 3.00 bits per heavy atom. The number of nitrogens with zero attached hydrogens (tertiary/aromatic N) is 1. The van der Waals surface area contributed by atoms with E-state index in [2.05, 4.69) is 30.2 Å². The van der Waals surface area contributed by atoms with E-state index in [9.17, 15) is 0 Å². The van der Waals surface area contributed by atoms with Crippen molar-refractivity contribution in [3.8, 4) is 0 Å². The second-order valence-corrected chi connectivity index (χ2v) is 3.97. The number of rotatable bonds is 3. The third-order valence-electron chi connectivity index (χ3n) is 2.76. The van der Waals surface area contributed by atoms with E-state index in [1.54, 1.807) is 0 Å². The molecule has 13 heavy (non-hydrogen) atoms. The van der Waals surface area contributed by atoms with Crippen molar-refractivity contribution in [2.45, 2.75) is 32.9 Å². The molecule has 2 unspecified atom stereocenters. The maximum Gasteiger partial charge on any atom is 0.0570 e. The minimum Gasteiger partial charge on any atom is -0.308 e. The van der Waals surface area contributed by atoms with Crippen LogP contribution in [0.5, 0.6) is 0 Å². The van der Waals surface area contributed by atoms with Gasteiger partial charge in [-0.3, -0.25) is 4.98 Å². The van der Waals surface area contributed by atoms with Gasteiger partial charge in [0.1, 0.15) is 0 Å². The zero-order chi connectivity index (χ0) is 9.26. The zero-order valence-corrected chi connectivity index (χ0v) is 8.25. The molecule has 0 aliphatic heterocycles. The summed E-state index contributed by atoms with van der Waals surface area (Å²) in [6.07, 6.45) is 3.19. The summed E-state index contributed by atoms with van der Waals surface area (Å²) in [7, 11) is 0. The number of hydrogen-bond donors (Lipinski definition) is 1. The zero-order valence-electron chi connectivity index (χ0n) is 8.25. The molecule has 70 valence electrons. The fraction of sp³-hybridized carbons (Fsp3) is 0.545. The fourth-order valence-corrected chi connectivity index (χ4v) is 1.54. The van der Waals surface area contributed by atoms with Gasteiger partial charge in [-0.25, -0.2) is 0 Å². The third-order valence-corrected chi connectivity index (χ3v) is 2.76. The lowest BCUT2D eigenvalue weighted by atomic mass is 10.2. The summed E-state index contributed by atoms with van der Waals surface area (Å²) >= 11 is 0. The Balaban J connectivity index is 1.90. The van der Waals surface area contributed by atoms with Crippen LogP contribution in [0.25, 0.3) is 0 Å². The number of hydrogen-bond acceptors (Lipinski definition) is 2. The third kappa shape index (κ3) is 2.07. The van der Waals surface area contributed by atoms with Crippen LogP contribution in [0.4, 0.5) is 0 Å². The smallest absolute Gasteiger partial charge is 0.0570 e. The van der Waals surface area contributed by atoms with E-state index in [-0.39, 0.29) is 0 Å². The summed E-state index contributed by atoms with van der Waals surface area (Å²) in [5.74, 6) is 0.865. The molecular weight excluding hydrogens is 160 g/mol. The van der Waals surface area contributed by atoms with Crippen LogP contribution < -0.4 is 5.32 Å². The Morgan fingerprint density at radius 2 is 2.38 bits per heavy atom. The predicted molar refractivity (Wildman–Crippen MR) is 53.4 cm³/mol. The van der Waals surface area contributed by atoms with Crippen LogP contribution in [-0.2, 0) is 6.54 Å². The molecule has 1 aromatic rings. The molecule has 2 rings (SSSR count). The number of aryl methyl sites for hydroxylation is 1. The Morgan fingerprint density at radius 1 is 1.62 bits per heavy atom. The molecule has 2 nitrogen and oxygen atoms in total. The van der Waals surface area contributed by atoms with Gasteiger partial charge in [-0.05, 0) is 30.9 Å². The van der Waals surface area contributed by atoms with Gasteiger partial charge in [0.25, 0.3) is 0 Å². The van der Waals surface area contributed by atoms with Crippen molar-refractivity contribution in [2.75, 3.05) is 0 Å². The maximum absolute atomic E-state index is 4.34. The average molecular weight is 176 g/mol.